The molecule has 0 unspecified atom stereocenters. The third-order valence-corrected chi connectivity index (χ3v) is 4.20. The minimum Gasteiger partial charge on any atom is -0.494 e. The van der Waals surface area contributed by atoms with E-state index in [0.29, 0.717) is 36.0 Å². The predicted octanol–water partition coefficient (Wildman–Crippen LogP) is 3.24. The number of hydrogen-bond donors (Lipinski definition) is 1. The second kappa shape index (κ2) is 8.07. The SMILES string of the molecule is CCOc1ccccc1CNC(=O)COc1nc(C)nc2oc(C)c(C)c12. The minimum atomic E-state index is -0.247. The summed E-state index contributed by atoms with van der Waals surface area (Å²) in [5, 5.41) is 3.54. The molecule has 2 aromatic heterocycles. The van der Waals surface area contributed by atoms with Crippen molar-refractivity contribution in [1.82, 2.24) is 15.3 Å². The highest BCUT2D eigenvalue weighted by Gasteiger charge is 2.17. The molecule has 1 N–H and O–H groups in total. The van der Waals surface area contributed by atoms with Crippen molar-refractivity contribution < 1.29 is 18.7 Å². The fraction of sp³-hybridized carbons (Fsp3) is 0.350. The first-order valence-corrected chi connectivity index (χ1v) is 8.84. The molecule has 1 amide bonds. The molecule has 142 valence electrons. The molecule has 0 aliphatic heterocycles. The van der Waals surface area contributed by atoms with Gasteiger partial charge in [-0.25, -0.2) is 0 Å². The lowest BCUT2D eigenvalue weighted by Crippen LogP contribution is -2.28. The van der Waals surface area contributed by atoms with E-state index in [4.69, 9.17) is 13.9 Å². The van der Waals surface area contributed by atoms with Gasteiger partial charge in [0.15, 0.2) is 6.61 Å². The third kappa shape index (κ3) is 4.19. The number of nitrogens with zero attached hydrogens (tertiary/aromatic N) is 2. The first-order valence-electron chi connectivity index (χ1n) is 8.84. The van der Waals surface area contributed by atoms with Crippen molar-refractivity contribution in [3.63, 3.8) is 0 Å². The Morgan fingerprint density at radius 3 is 2.70 bits per heavy atom. The van der Waals surface area contributed by atoms with E-state index in [1.165, 1.54) is 0 Å². The highest BCUT2D eigenvalue weighted by atomic mass is 16.5. The van der Waals surface area contributed by atoms with E-state index in [1.807, 2.05) is 45.0 Å². The van der Waals surface area contributed by atoms with Crippen LogP contribution in [0.15, 0.2) is 28.7 Å². The van der Waals surface area contributed by atoms with Crippen LogP contribution < -0.4 is 14.8 Å². The summed E-state index contributed by atoms with van der Waals surface area (Å²) in [6.45, 7) is 8.24. The molecule has 0 bridgehead atoms. The van der Waals surface area contributed by atoms with Crippen LogP contribution in [0.5, 0.6) is 11.6 Å². The van der Waals surface area contributed by atoms with E-state index in [-0.39, 0.29) is 12.5 Å². The smallest absolute Gasteiger partial charge is 0.258 e. The molecule has 0 aliphatic carbocycles. The number of para-hydroxylation sites is 1. The number of benzene rings is 1. The molecule has 0 fully saturated rings. The van der Waals surface area contributed by atoms with Gasteiger partial charge in [0, 0.05) is 17.7 Å². The van der Waals surface area contributed by atoms with Crippen LogP contribution >= 0.6 is 0 Å². The van der Waals surface area contributed by atoms with E-state index >= 15 is 0 Å². The van der Waals surface area contributed by atoms with Crippen molar-refractivity contribution in [3.05, 3.63) is 47.0 Å². The molecule has 7 heteroatoms. The summed E-state index contributed by atoms with van der Waals surface area (Å²) >= 11 is 0. The van der Waals surface area contributed by atoms with Crippen molar-refractivity contribution in [1.29, 1.82) is 0 Å². The first-order chi connectivity index (χ1) is 13.0. The molecule has 0 radical (unpaired) electrons. The molecule has 2 heterocycles. The molecule has 3 rings (SSSR count). The molecule has 7 nitrogen and oxygen atoms in total. The number of hydrogen-bond acceptors (Lipinski definition) is 6. The van der Waals surface area contributed by atoms with E-state index in [0.717, 1.165) is 22.6 Å². The van der Waals surface area contributed by atoms with Crippen LogP contribution in [0, 0.1) is 20.8 Å². The lowest BCUT2D eigenvalue weighted by molar-refractivity contribution is -0.123. The molecule has 0 atom stereocenters. The van der Waals surface area contributed by atoms with Crippen LogP contribution in [-0.2, 0) is 11.3 Å². The van der Waals surface area contributed by atoms with Crippen LogP contribution in [0.3, 0.4) is 0 Å². The normalized spacial score (nSPS) is 10.8. The lowest BCUT2D eigenvalue weighted by atomic mass is 10.2. The molecular formula is C20H23N3O4. The van der Waals surface area contributed by atoms with Crippen molar-refractivity contribution >= 4 is 17.0 Å². The Balaban J connectivity index is 1.66. The van der Waals surface area contributed by atoms with Crippen LogP contribution in [0.4, 0.5) is 0 Å². The topological polar surface area (TPSA) is 86.5 Å². The number of nitrogens with one attached hydrogen (secondary N) is 1. The van der Waals surface area contributed by atoms with E-state index < -0.39 is 0 Å². The van der Waals surface area contributed by atoms with Crippen LogP contribution in [0.25, 0.3) is 11.1 Å². The summed E-state index contributed by atoms with van der Waals surface area (Å²) in [5.74, 6) is 2.16. The minimum absolute atomic E-state index is 0.147. The van der Waals surface area contributed by atoms with Gasteiger partial charge in [-0.1, -0.05) is 18.2 Å². The zero-order valence-electron chi connectivity index (χ0n) is 16.0. The number of aryl methyl sites for hydroxylation is 3. The van der Waals surface area contributed by atoms with Gasteiger partial charge >= 0.3 is 0 Å². The monoisotopic (exact) mass is 369 g/mol. The summed E-state index contributed by atoms with van der Waals surface area (Å²) in [6.07, 6.45) is 0. The second-order valence-electron chi connectivity index (χ2n) is 6.15. The number of aromatic nitrogens is 2. The predicted molar refractivity (Wildman–Crippen MR) is 101 cm³/mol. The quantitative estimate of drug-likeness (QED) is 0.688. The van der Waals surface area contributed by atoms with Gasteiger partial charge in [-0.3, -0.25) is 4.79 Å². The summed E-state index contributed by atoms with van der Waals surface area (Å²) in [5.41, 5.74) is 2.29. The number of ether oxygens (including phenoxy) is 2. The van der Waals surface area contributed by atoms with Crippen molar-refractivity contribution in [2.75, 3.05) is 13.2 Å². The number of amides is 1. The zero-order valence-corrected chi connectivity index (χ0v) is 16.0. The molecule has 0 aliphatic rings. The average molecular weight is 369 g/mol. The molecule has 0 spiro atoms. The molecule has 27 heavy (non-hydrogen) atoms. The van der Waals surface area contributed by atoms with Gasteiger partial charge in [0.2, 0.25) is 11.6 Å². The van der Waals surface area contributed by atoms with Gasteiger partial charge < -0.3 is 19.2 Å². The summed E-state index contributed by atoms with van der Waals surface area (Å²) in [4.78, 5) is 20.8. The van der Waals surface area contributed by atoms with E-state index in [1.54, 1.807) is 6.92 Å². The van der Waals surface area contributed by atoms with Gasteiger partial charge in [0.1, 0.15) is 22.7 Å². The Kier molecular flexibility index (Phi) is 5.59. The van der Waals surface area contributed by atoms with Crippen molar-refractivity contribution in [3.8, 4) is 11.6 Å². The molecular weight excluding hydrogens is 346 g/mol. The number of carbonyl (C=O) groups is 1. The summed E-state index contributed by atoms with van der Waals surface area (Å²) in [6, 6.07) is 7.61. The fourth-order valence-electron chi connectivity index (χ4n) is 2.74. The maximum atomic E-state index is 12.2. The van der Waals surface area contributed by atoms with Crippen molar-refractivity contribution in [2.45, 2.75) is 34.2 Å². The largest absolute Gasteiger partial charge is 0.494 e. The van der Waals surface area contributed by atoms with Crippen molar-refractivity contribution in [2.24, 2.45) is 0 Å². The van der Waals surface area contributed by atoms with Crippen LogP contribution in [0.2, 0.25) is 0 Å². The van der Waals surface area contributed by atoms with E-state index in [2.05, 4.69) is 15.3 Å². The third-order valence-electron chi connectivity index (χ3n) is 4.20. The number of fused-ring (bicyclic) bond motifs is 1. The molecule has 1 aromatic carbocycles. The fourth-order valence-corrected chi connectivity index (χ4v) is 2.74. The Morgan fingerprint density at radius 1 is 1.15 bits per heavy atom. The average Bonchev–Trinajstić information content (AvgIpc) is 2.93. The maximum Gasteiger partial charge on any atom is 0.258 e. The molecule has 3 aromatic rings. The van der Waals surface area contributed by atoms with Gasteiger partial charge in [-0.05, 0) is 33.8 Å². The standard InChI is InChI=1S/C20H23N3O4/c1-5-25-16-9-7-6-8-15(16)10-21-17(24)11-26-19-18-12(2)13(3)27-20(18)23-14(4)22-19/h6-9H,5,10-11H2,1-4H3,(H,21,24). The number of rotatable bonds is 7. The molecule has 0 saturated heterocycles. The zero-order chi connectivity index (χ0) is 19.4. The highest BCUT2D eigenvalue weighted by molar-refractivity contribution is 5.84. The van der Waals surface area contributed by atoms with Crippen LogP contribution in [0.1, 0.15) is 29.6 Å². The van der Waals surface area contributed by atoms with Gasteiger partial charge in [0.05, 0.1) is 6.61 Å². The van der Waals surface area contributed by atoms with Gasteiger partial charge in [0.25, 0.3) is 5.91 Å². The maximum absolute atomic E-state index is 12.2. The van der Waals surface area contributed by atoms with Gasteiger partial charge in [-0.15, -0.1) is 0 Å². The summed E-state index contributed by atoms with van der Waals surface area (Å²) < 4.78 is 16.9. The number of furan rings is 1. The number of carbonyl (C=O) groups excluding carboxylic acids is 1. The van der Waals surface area contributed by atoms with Crippen LogP contribution in [-0.4, -0.2) is 29.1 Å². The second-order valence-corrected chi connectivity index (χ2v) is 6.15. The Morgan fingerprint density at radius 2 is 1.93 bits per heavy atom. The Hall–Kier alpha value is -3.09. The Bertz CT molecular complexity index is 965. The lowest BCUT2D eigenvalue weighted by Gasteiger charge is -2.11. The van der Waals surface area contributed by atoms with Gasteiger partial charge in [-0.2, -0.15) is 9.97 Å². The molecule has 0 saturated carbocycles. The van der Waals surface area contributed by atoms with E-state index in [9.17, 15) is 4.79 Å². The highest BCUT2D eigenvalue weighted by Crippen LogP contribution is 2.30. The first kappa shape index (κ1) is 18.7. The Labute approximate surface area is 157 Å². The summed E-state index contributed by atoms with van der Waals surface area (Å²) in [7, 11) is 0.